The molecule has 0 heterocycles. The Kier molecular flexibility index (Phi) is 4.89. The zero-order chi connectivity index (χ0) is 15.4. The molecule has 0 radical (unpaired) electrons. The van der Waals surface area contributed by atoms with Gasteiger partial charge < -0.3 is 10.1 Å². The highest BCUT2D eigenvalue weighted by atomic mass is 16.5. The highest BCUT2D eigenvalue weighted by Gasteiger charge is 2.12. The molecule has 0 aliphatic carbocycles. The van der Waals surface area contributed by atoms with Gasteiger partial charge >= 0.3 is 0 Å². The van der Waals surface area contributed by atoms with E-state index in [1.807, 2.05) is 25.1 Å². The van der Waals surface area contributed by atoms with E-state index in [-0.39, 0.29) is 6.04 Å². The Morgan fingerprint density at radius 1 is 1.00 bits per heavy atom. The summed E-state index contributed by atoms with van der Waals surface area (Å²) in [5.41, 5.74) is 6.39. The van der Waals surface area contributed by atoms with Gasteiger partial charge in [0.15, 0.2) is 0 Å². The molecule has 1 atom stereocenters. The molecule has 1 N–H and O–H groups in total. The average Bonchev–Trinajstić information content (AvgIpc) is 2.45. The van der Waals surface area contributed by atoms with Crippen LogP contribution in [0.1, 0.15) is 42.1 Å². The van der Waals surface area contributed by atoms with Gasteiger partial charge in [-0.1, -0.05) is 24.3 Å². The molecule has 2 aromatic carbocycles. The quantitative estimate of drug-likeness (QED) is 0.816. The molecule has 0 aromatic heterocycles. The molecule has 0 spiro atoms. The third-order valence-electron chi connectivity index (χ3n) is 3.91. The predicted molar refractivity (Wildman–Crippen MR) is 90.3 cm³/mol. The van der Waals surface area contributed by atoms with Crippen molar-refractivity contribution in [2.75, 3.05) is 11.9 Å². The van der Waals surface area contributed by atoms with Crippen LogP contribution in [-0.2, 0) is 0 Å². The lowest BCUT2D eigenvalue weighted by Gasteiger charge is -2.21. The summed E-state index contributed by atoms with van der Waals surface area (Å²) in [6, 6.07) is 12.9. The van der Waals surface area contributed by atoms with E-state index in [1.165, 1.54) is 22.3 Å². The molecule has 2 heteroatoms. The van der Waals surface area contributed by atoms with E-state index in [1.54, 1.807) is 0 Å². The molecule has 0 aliphatic rings. The number of nitrogens with one attached hydrogen (secondary N) is 1. The van der Waals surface area contributed by atoms with Gasteiger partial charge in [0.1, 0.15) is 5.75 Å². The second-order valence-corrected chi connectivity index (χ2v) is 5.59. The van der Waals surface area contributed by atoms with Gasteiger partial charge in [-0.3, -0.25) is 0 Å². The van der Waals surface area contributed by atoms with Gasteiger partial charge in [-0.15, -0.1) is 0 Å². The molecule has 2 rings (SSSR count). The topological polar surface area (TPSA) is 21.3 Å². The van der Waals surface area contributed by atoms with Crippen molar-refractivity contribution in [1.82, 2.24) is 0 Å². The minimum absolute atomic E-state index is 0.242. The van der Waals surface area contributed by atoms with Gasteiger partial charge in [0.05, 0.1) is 12.3 Å². The number of aryl methyl sites for hydroxylation is 3. The summed E-state index contributed by atoms with van der Waals surface area (Å²) in [6.45, 7) is 11.4. The standard InChI is InChI=1S/C19H25NO/c1-6-21-19-10-8-7-9-18(19)20-16(5)17-12-14(3)13(2)11-15(17)4/h7-12,16,20H,6H2,1-5H3. The number of hydrogen-bond donors (Lipinski definition) is 1. The first-order chi connectivity index (χ1) is 10.0. The Hall–Kier alpha value is -1.96. The maximum absolute atomic E-state index is 5.68. The number of anilines is 1. The normalized spacial score (nSPS) is 12.0. The molecule has 0 aliphatic heterocycles. The van der Waals surface area contributed by atoms with Crippen molar-refractivity contribution < 1.29 is 4.74 Å². The van der Waals surface area contributed by atoms with E-state index < -0.39 is 0 Å². The van der Waals surface area contributed by atoms with Crippen molar-refractivity contribution in [3.8, 4) is 5.75 Å². The van der Waals surface area contributed by atoms with Gasteiger partial charge in [0.2, 0.25) is 0 Å². The van der Waals surface area contributed by atoms with E-state index in [9.17, 15) is 0 Å². The molecule has 0 bridgehead atoms. The minimum atomic E-state index is 0.242. The largest absolute Gasteiger partial charge is 0.492 e. The molecule has 112 valence electrons. The Balaban J connectivity index is 2.26. The monoisotopic (exact) mass is 283 g/mol. The summed E-state index contributed by atoms with van der Waals surface area (Å²) in [6.07, 6.45) is 0. The number of rotatable bonds is 5. The van der Waals surface area contributed by atoms with Crippen LogP contribution in [0.4, 0.5) is 5.69 Å². The summed E-state index contributed by atoms with van der Waals surface area (Å²) in [7, 11) is 0. The average molecular weight is 283 g/mol. The second-order valence-electron chi connectivity index (χ2n) is 5.59. The highest BCUT2D eigenvalue weighted by Crippen LogP contribution is 2.30. The van der Waals surface area contributed by atoms with E-state index in [0.717, 1.165) is 11.4 Å². The maximum Gasteiger partial charge on any atom is 0.142 e. The lowest BCUT2D eigenvalue weighted by atomic mass is 9.96. The van der Waals surface area contributed by atoms with Crippen LogP contribution in [0.15, 0.2) is 36.4 Å². The molecular formula is C19H25NO. The van der Waals surface area contributed by atoms with E-state index in [0.29, 0.717) is 6.61 Å². The van der Waals surface area contributed by atoms with Crippen LogP contribution < -0.4 is 10.1 Å². The van der Waals surface area contributed by atoms with Crippen LogP contribution in [0.3, 0.4) is 0 Å². The number of ether oxygens (including phenoxy) is 1. The van der Waals surface area contributed by atoms with Gasteiger partial charge in [0, 0.05) is 6.04 Å². The first-order valence-electron chi connectivity index (χ1n) is 7.59. The summed E-state index contributed by atoms with van der Waals surface area (Å²) >= 11 is 0. The predicted octanol–water partition coefficient (Wildman–Crippen LogP) is 5.18. The molecular weight excluding hydrogens is 258 g/mol. The smallest absolute Gasteiger partial charge is 0.142 e. The number of hydrogen-bond acceptors (Lipinski definition) is 2. The summed E-state index contributed by atoms with van der Waals surface area (Å²) in [5, 5.41) is 3.57. The lowest BCUT2D eigenvalue weighted by Crippen LogP contribution is -2.10. The van der Waals surface area contributed by atoms with Crippen molar-refractivity contribution >= 4 is 5.69 Å². The summed E-state index contributed by atoms with van der Waals surface area (Å²) in [5.74, 6) is 0.910. The zero-order valence-corrected chi connectivity index (χ0v) is 13.7. The molecule has 0 amide bonds. The van der Waals surface area contributed by atoms with Crippen LogP contribution >= 0.6 is 0 Å². The maximum atomic E-state index is 5.68. The molecule has 1 unspecified atom stereocenters. The Morgan fingerprint density at radius 3 is 2.38 bits per heavy atom. The van der Waals surface area contributed by atoms with Gasteiger partial charge in [-0.05, 0) is 69.0 Å². The summed E-state index contributed by atoms with van der Waals surface area (Å²) < 4.78 is 5.68. The zero-order valence-electron chi connectivity index (χ0n) is 13.7. The first-order valence-corrected chi connectivity index (χ1v) is 7.59. The fraction of sp³-hybridized carbons (Fsp3) is 0.368. The van der Waals surface area contributed by atoms with Crippen molar-refractivity contribution in [2.24, 2.45) is 0 Å². The SMILES string of the molecule is CCOc1ccccc1NC(C)c1cc(C)c(C)cc1C. The van der Waals surface area contributed by atoms with E-state index in [4.69, 9.17) is 4.74 Å². The fourth-order valence-corrected chi connectivity index (χ4v) is 2.63. The van der Waals surface area contributed by atoms with Crippen molar-refractivity contribution in [2.45, 2.75) is 40.7 Å². The van der Waals surface area contributed by atoms with E-state index in [2.05, 4.69) is 51.2 Å². The van der Waals surface area contributed by atoms with Crippen LogP contribution in [0, 0.1) is 20.8 Å². The van der Waals surface area contributed by atoms with Crippen molar-refractivity contribution in [3.05, 3.63) is 58.7 Å². The molecule has 0 fully saturated rings. The molecule has 2 aromatic rings. The Bertz CT molecular complexity index is 619. The van der Waals surface area contributed by atoms with Crippen molar-refractivity contribution in [1.29, 1.82) is 0 Å². The Morgan fingerprint density at radius 2 is 1.67 bits per heavy atom. The second kappa shape index (κ2) is 6.66. The number of para-hydroxylation sites is 2. The first kappa shape index (κ1) is 15.4. The molecule has 0 saturated heterocycles. The molecule has 0 saturated carbocycles. The van der Waals surface area contributed by atoms with Crippen LogP contribution in [0.25, 0.3) is 0 Å². The highest BCUT2D eigenvalue weighted by molar-refractivity contribution is 5.57. The minimum Gasteiger partial charge on any atom is -0.492 e. The van der Waals surface area contributed by atoms with Crippen LogP contribution in [-0.4, -0.2) is 6.61 Å². The number of benzene rings is 2. The van der Waals surface area contributed by atoms with Gasteiger partial charge in [-0.25, -0.2) is 0 Å². The Labute approximate surface area is 128 Å². The molecule has 21 heavy (non-hydrogen) atoms. The van der Waals surface area contributed by atoms with Crippen LogP contribution in [0.2, 0.25) is 0 Å². The lowest BCUT2D eigenvalue weighted by molar-refractivity contribution is 0.341. The molecule has 2 nitrogen and oxygen atoms in total. The van der Waals surface area contributed by atoms with Gasteiger partial charge in [0.25, 0.3) is 0 Å². The fourth-order valence-electron chi connectivity index (χ4n) is 2.63. The summed E-state index contributed by atoms with van der Waals surface area (Å²) in [4.78, 5) is 0. The van der Waals surface area contributed by atoms with Crippen molar-refractivity contribution in [3.63, 3.8) is 0 Å². The van der Waals surface area contributed by atoms with Gasteiger partial charge in [-0.2, -0.15) is 0 Å². The third kappa shape index (κ3) is 3.57. The third-order valence-corrected chi connectivity index (χ3v) is 3.91. The van der Waals surface area contributed by atoms with E-state index >= 15 is 0 Å². The van der Waals surface area contributed by atoms with Crippen LogP contribution in [0.5, 0.6) is 5.75 Å².